The Morgan fingerprint density at radius 2 is 2.29 bits per heavy atom. The van der Waals surface area contributed by atoms with Crippen molar-refractivity contribution in [2.75, 3.05) is 11.9 Å². The fraction of sp³-hybridized carbons (Fsp3) is 0.333. The Bertz CT molecular complexity index is 442. The lowest BCUT2D eigenvalue weighted by atomic mass is 10.5. The highest BCUT2D eigenvalue weighted by molar-refractivity contribution is 7.98. The Morgan fingerprint density at radius 1 is 1.35 bits per heavy atom. The van der Waals surface area contributed by atoms with Gasteiger partial charge in [0.25, 0.3) is 0 Å². The molecule has 0 aromatic carbocycles. The molecule has 0 aliphatic carbocycles. The van der Waals surface area contributed by atoms with E-state index in [4.69, 9.17) is 0 Å². The molecule has 0 spiro atoms. The number of aromatic nitrogens is 2. The van der Waals surface area contributed by atoms with E-state index >= 15 is 0 Å². The summed E-state index contributed by atoms with van der Waals surface area (Å²) < 4.78 is 0. The maximum absolute atomic E-state index is 4.34. The quantitative estimate of drug-likeness (QED) is 0.809. The minimum Gasteiger partial charge on any atom is -0.362 e. The molecule has 0 aliphatic rings. The Hall–Kier alpha value is -1.07. The van der Waals surface area contributed by atoms with Crippen molar-refractivity contribution in [3.63, 3.8) is 0 Å². The van der Waals surface area contributed by atoms with Crippen LogP contribution >= 0.6 is 23.1 Å². The molecule has 2 heterocycles. The number of hydrogen-bond acceptors (Lipinski definition) is 5. The molecule has 0 unspecified atom stereocenters. The SMILES string of the molecule is CCCNc1ncc(CSc2ccccn2)s1. The lowest BCUT2D eigenvalue weighted by molar-refractivity contribution is 0.976. The highest BCUT2D eigenvalue weighted by atomic mass is 32.2. The first-order valence-electron chi connectivity index (χ1n) is 5.61. The van der Waals surface area contributed by atoms with Crippen LogP contribution in [0.5, 0.6) is 0 Å². The monoisotopic (exact) mass is 265 g/mol. The van der Waals surface area contributed by atoms with Gasteiger partial charge >= 0.3 is 0 Å². The Kier molecular flexibility index (Phi) is 4.82. The second kappa shape index (κ2) is 6.61. The number of thiazole rings is 1. The molecule has 0 amide bonds. The van der Waals surface area contributed by atoms with Crippen molar-refractivity contribution >= 4 is 28.2 Å². The normalized spacial score (nSPS) is 10.4. The number of pyridine rings is 1. The summed E-state index contributed by atoms with van der Waals surface area (Å²) >= 11 is 3.46. The lowest BCUT2D eigenvalue weighted by Gasteiger charge is -1.98. The fourth-order valence-electron chi connectivity index (χ4n) is 1.27. The molecule has 90 valence electrons. The smallest absolute Gasteiger partial charge is 0.182 e. The van der Waals surface area contributed by atoms with Crippen molar-refractivity contribution in [3.8, 4) is 0 Å². The molecular formula is C12H15N3S2. The zero-order valence-corrected chi connectivity index (χ0v) is 11.4. The molecule has 5 heteroatoms. The molecule has 1 N–H and O–H groups in total. The summed E-state index contributed by atoms with van der Waals surface area (Å²) in [5.41, 5.74) is 0. The average Bonchev–Trinajstić information content (AvgIpc) is 2.83. The molecule has 17 heavy (non-hydrogen) atoms. The average molecular weight is 265 g/mol. The highest BCUT2D eigenvalue weighted by Crippen LogP contribution is 2.26. The van der Waals surface area contributed by atoms with Crippen molar-refractivity contribution < 1.29 is 0 Å². The third-order valence-corrected chi connectivity index (χ3v) is 4.21. The van der Waals surface area contributed by atoms with E-state index in [2.05, 4.69) is 22.2 Å². The predicted molar refractivity (Wildman–Crippen MR) is 74.7 cm³/mol. The second-order valence-corrected chi connectivity index (χ2v) is 5.63. The van der Waals surface area contributed by atoms with Gasteiger partial charge in [-0.25, -0.2) is 9.97 Å². The van der Waals surface area contributed by atoms with Crippen LogP contribution in [0, 0.1) is 0 Å². The third kappa shape index (κ3) is 4.02. The van der Waals surface area contributed by atoms with Crippen LogP contribution in [-0.2, 0) is 5.75 Å². The van der Waals surface area contributed by atoms with E-state index in [0.717, 1.165) is 28.9 Å². The number of nitrogens with zero attached hydrogens (tertiary/aromatic N) is 2. The van der Waals surface area contributed by atoms with Crippen LogP contribution in [0.4, 0.5) is 5.13 Å². The van der Waals surface area contributed by atoms with E-state index in [1.165, 1.54) is 4.88 Å². The first kappa shape index (κ1) is 12.4. The van der Waals surface area contributed by atoms with E-state index in [-0.39, 0.29) is 0 Å². The maximum atomic E-state index is 4.34. The van der Waals surface area contributed by atoms with Gasteiger partial charge in [-0.3, -0.25) is 0 Å². The molecule has 0 radical (unpaired) electrons. The summed E-state index contributed by atoms with van der Waals surface area (Å²) in [6.07, 6.45) is 4.89. The van der Waals surface area contributed by atoms with E-state index in [1.807, 2.05) is 30.6 Å². The summed E-state index contributed by atoms with van der Waals surface area (Å²) in [7, 11) is 0. The maximum Gasteiger partial charge on any atom is 0.182 e. The van der Waals surface area contributed by atoms with Gasteiger partial charge in [0, 0.05) is 29.6 Å². The number of nitrogens with one attached hydrogen (secondary N) is 1. The molecule has 0 fully saturated rings. The van der Waals surface area contributed by atoms with Gasteiger partial charge in [0.1, 0.15) is 0 Å². The van der Waals surface area contributed by atoms with Crippen molar-refractivity contribution in [2.45, 2.75) is 24.1 Å². The van der Waals surface area contributed by atoms with Crippen molar-refractivity contribution in [1.29, 1.82) is 0 Å². The van der Waals surface area contributed by atoms with E-state index in [1.54, 1.807) is 23.1 Å². The van der Waals surface area contributed by atoms with Gasteiger partial charge in [0.15, 0.2) is 5.13 Å². The number of anilines is 1. The molecule has 0 aliphatic heterocycles. The predicted octanol–water partition coefficient (Wildman–Crippen LogP) is 3.65. The zero-order valence-electron chi connectivity index (χ0n) is 9.72. The fourth-order valence-corrected chi connectivity index (χ4v) is 2.99. The van der Waals surface area contributed by atoms with Gasteiger partial charge in [0.05, 0.1) is 5.03 Å². The van der Waals surface area contributed by atoms with Gasteiger partial charge in [-0.15, -0.1) is 23.1 Å². The highest BCUT2D eigenvalue weighted by Gasteiger charge is 2.02. The van der Waals surface area contributed by atoms with Crippen molar-refractivity contribution in [3.05, 3.63) is 35.5 Å². The van der Waals surface area contributed by atoms with Crippen LogP contribution in [-0.4, -0.2) is 16.5 Å². The Balaban J connectivity index is 1.85. The number of rotatable bonds is 6. The minimum atomic E-state index is 0.933. The van der Waals surface area contributed by atoms with E-state index in [9.17, 15) is 0 Å². The topological polar surface area (TPSA) is 37.8 Å². The number of hydrogen-bond donors (Lipinski definition) is 1. The molecule has 0 saturated heterocycles. The Morgan fingerprint density at radius 3 is 3.06 bits per heavy atom. The van der Waals surface area contributed by atoms with Crippen LogP contribution in [0.1, 0.15) is 18.2 Å². The van der Waals surface area contributed by atoms with E-state index < -0.39 is 0 Å². The summed E-state index contributed by atoms with van der Waals surface area (Å²) in [5.74, 6) is 0.933. The van der Waals surface area contributed by atoms with Gasteiger partial charge in [-0.2, -0.15) is 0 Å². The summed E-state index contributed by atoms with van der Waals surface area (Å²) in [5, 5.41) is 5.37. The molecule has 0 atom stereocenters. The summed E-state index contributed by atoms with van der Waals surface area (Å²) in [4.78, 5) is 9.90. The van der Waals surface area contributed by atoms with Gasteiger partial charge < -0.3 is 5.32 Å². The molecular weight excluding hydrogens is 250 g/mol. The van der Waals surface area contributed by atoms with Crippen LogP contribution in [0.25, 0.3) is 0 Å². The summed E-state index contributed by atoms with van der Waals surface area (Å²) in [6, 6.07) is 5.97. The van der Waals surface area contributed by atoms with E-state index in [0.29, 0.717) is 0 Å². The lowest BCUT2D eigenvalue weighted by Crippen LogP contribution is -1.97. The minimum absolute atomic E-state index is 0.933. The molecule has 3 nitrogen and oxygen atoms in total. The molecule has 0 bridgehead atoms. The Labute approximate surface area is 110 Å². The zero-order chi connectivity index (χ0) is 11.9. The van der Waals surface area contributed by atoms with Crippen LogP contribution in [0.3, 0.4) is 0 Å². The van der Waals surface area contributed by atoms with Crippen molar-refractivity contribution in [1.82, 2.24) is 9.97 Å². The van der Waals surface area contributed by atoms with Crippen LogP contribution in [0.2, 0.25) is 0 Å². The third-order valence-electron chi connectivity index (χ3n) is 2.08. The van der Waals surface area contributed by atoms with Gasteiger partial charge in [0.2, 0.25) is 0 Å². The first-order valence-corrected chi connectivity index (χ1v) is 7.41. The summed E-state index contributed by atoms with van der Waals surface area (Å²) in [6.45, 7) is 3.14. The molecule has 2 rings (SSSR count). The molecule has 2 aromatic rings. The van der Waals surface area contributed by atoms with Gasteiger partial charge in [-0.1, -0.05) is 13.0 Å². The number of thioether (sulfide) groups is 1. The first-order chi connectivity index (χ1) is 8.38. The standard InChI is InChI=1S/C12H15N3S2/c1-2-6-14-12-15-8-10(17-12)9-16-11-5-3-4-7-13-11/h3-5,7-8H,2,6,9H2,1H3,(H,14,15). The molecule has 0 saturated carbocycles. The van der Waals surface area contributed by atoms with Crippen LogP contribution in [0.15, 0.2) is 35.6 Å². The van der Waals surface area contributed by atoms with Crippen LogP contribution < -0.4 is 5.32 Å². The second-order valence-electron chi connectivity index (χ2n) is 3.52. The van der Waals surface area contributed by atoms with Gasteiger partial charge in [-0.05, 0) is 18.6 Å². The largest absolute Gasteiger partial charge is 0.362 e. The molecule has 2 aromatic heterocycles. The van der Waals surface area contributed by atoms with Crippen molar-refractivity contribution in [2.24, 2.45) is 0 Å².